The standard InChI is InChI=1S/C17H29N/c1-15(2)8-7-9-16(3)12-13-18-14-17-10-5-4-6-11-17/h4-6,10-11,15-16,18H,7-9,12-14H2,1-3H3. The molecule has 102 valence electrons. The van der Waals surface area contributed by atoms with Gasteiger partial charge in [0.15, 0.2) is 0 Å². The van der Waals surface area contributed by atoms with Crippen LogP contribution in [0.3, 0.4) is 0 Å². The van der Waals surface area contributed by atoms with E-state index in [2.05, 4.69) is 56.4 Å². The van der Waals surface area contributed by atoms with Crippen LogP contribution in [0.2, 0.25) is 0 Å². The van der Waals surface area contributed by atoms with E-state index in [1.54, 1.807) is 0 Å². The lowest BCUT2D eigenvalue weighted by Gasteiger charge is -2.12. The van der Waals surface area contributed by atoms with Gasteiger partial charge in [0, 0.05) is 6.54 Å². The number of hydrogen-bond donors (Lipinski definition) is 1. The minimum absolute atomic E-state index is 0.854. The fraction of sp³-hybridized carbons (Fsp3) is 0.647. The molecule has 0 spiro atoms. The van der Waals surface area contributed by atoms with Gasteiger partial charge >= 0.3 is 0 Å². The van der Waals surface area contributed by atoms with E-state index in [9.17, 15) is 0 Å². The summed E-state index contributed by atoms with van der Waals surface area (Å²) >= 11 is 0. The maximum absolute atomic E-state index is 3.53. The molecule has 0 aliphatic carbocycles. The summed E-state index contributed by atoms with van der Waals surface area (Å²) in [6.07, 6.45) is 5.44. The summed E-state index contributed by atoms with van der Waals surface area (Å²) in [7, 11) is 0. The Hall–Kier alpha value is -0.820. The molecular formula is C17H29N. The summed E-state index contributed by atoms with van der Waals surface area (Å²) in [5.74, 6) is 1.71. The van der Waals surface area contributed by atoms with E-state index in [1.165, 1.54) is 31.2 Å². The van der Waals surface area contributed by atoms with Gasteiger partial charge in [-0.25, -0.2) is 0 Å². The van der Waals surface area contributed by atoms with Crippen molar-refractivity contribution in [3.8, 4) is 0 Å². The summed E-state index contributed by atoms with van der Waals surface area (Å²) in [6, 6.07) is 10.6. The molecule has 0 heterocycles. The van der Waals surface area contributed by atoms with E-state index in [4.69, 9.17) is 0 Å². The van der Waals surface area contributed by atoms with Crippen molar-refractivity contribution in [1.82, 2.24) is 5.32 Å². The molecule has 1 N–H and O–H groups in total. The van der Waals surface area contributed by atoms with Crippen molar-refractivity contribution in [2.45, 2.75) is 53.0 Å². The Morgan fingerprint density at radius 2 is 1.67 bits per heavy atom. The van der Waals surface area contributed by atoms with Crippen molar-refractivity contribution in [3.05, 3.63) is 35.9 Å². The molecule has 1 rings (SSSR count). The van der Waals surface area contributed by atoms with Crippen molar-refractivity contribution in [1.29, 1.82) is 0 Å². The van der Waals surface area contributed by atoms with Crippen LogP contribution >= 0.6 is 0 Å². The van der Waals surface area contributed by atoms with Crippen LogP contribution in [0.25, 0.3) is 0 Å². The smallest absolute Gasteiger partial charge is 0.0205 e. The van der Waals surface area contributed by atoms with Crippen molar-refractivity contribution < 1.29 is 0 Å². The van der Waals surface area contributed by atoms with E-state index < -0.39 is 0 Å². The normalized spacial score (nSPS) is 12.9. The van der Waals surface area contributed by atoms with E-state index in [0.717, 1.165) is 24.9 Å². The monoisotopic (exact) mass is 247 g/mol. The van der Waals surface area contributed by atoms with Gasteiger partial charge in [-0.05, 0) is 30.4 Å². The van der Waals surface area contributed by atoms with Crippen LogP contribution in [0.4, 0.5) is 0 Å². The second-order valence-corrected chi connectivity index (χ2v) is 5.88. The SMILES string of the molecule is CC(C)CCCC(C)CCNCc1ccccc1. The fourth-order valence-electron chi connectivity index (χ4n) is 2.20. The molecule has 0 amide bonds. The summed E-state index contributed by atoms with van der Waals surface area (Å²) in [5, 5.41) is 3.53. The van der Waals surface area contributed by atoms with Gasteiger partial charge in [0.1, 0.15) is 0 Å². The molecule has 0 radical (unpaired) electrons. The van der Waals surface area contributed by atoms with Gasteiger partial charge < -0.3 is 5.32 Å². The molecule has 0 saturated heterocycles. The van der Waals surface area contributed by atoms with Crippen LogP contribution in [0.15, 0.2) is 30.3 Å². The predicted molar refractivity (Wildman–Crippen MR) is 80.6 cm³/mol. The Balaban J connectivity index is 2.00. The topological polar surface area (TPSA) is 12.0 Å². The zero-order valence-corrected chi connectivity index (χ0v) is 12.3. The van der Waals surface area contributed by atoms with Crippen LogP contribution in [-0.2, 0) is 6.54 Å². The molecule has 1 unspecified atom stereocenters. The molecule has 0 fully saturated rings. The highest BCUT2D eigenvalue weighted by molar-refractivity contribution is 5.14. The molecule has 1 heteroatoms. The molecule has 1 aromatic rings. The summed E-state index contributed by atoms with van der Waals surface area (Å²) in [6.45, 7) is 9.14. The number of hydrogen-bond acceptors (Lipinski definition) is 1. The average molecular weight is 247 g/mol. The summed E-state index contributed by atoms with van der Waals surface area (Å²) < 4.78 is 0. The van der Waals surface area contributed by atoms with E-state index in [1.807, 2.05) is 0 Å². The zero-order valence-electron chi connectivity index (χ0n) is 12.3. The Bertz CT molecular complexity index is 292. The molecule has 0 aromatic heterocycles. The van der Waals surface area contributed by atoms with Crippen LogP contribution in [0.1, 0.15) is 52.0 Å². The first-order valence-electron chi connectivity index (χ1n) is 7.43. The quantitative estimate of drug-likeness (QED) is 0.627. The lowest BCUT2D eigenvalue weighted by Crippen LogP contribution is -2.17. The van der Waals surface area contributed by atoms with E-state index in [-0.39, 0.29) is 0 Å². The molecule has 18 heavy (non-hydrogen) atoms. The van der Waals surface area contributed by atoms with Crippen molar-refractivity contribution >= 4 is 0 Å². The van der Waals surface area contributed by atoms with Crippen LogP contribution in [-0.4, -0.2) is 6.54 Å². The first-order chi connectivity index (χ1) is 8.68. The predicted octanol–water partition coefficient (Wildman–Crippen LogP) is 4.63. The van der Waals surface area contributed by atoms with Gasteiger partial charge in [0.25, 0.3) is 0 Å². The third-order valence-corrected chi connectivity index (χ3v) is 3.46. The van der Waals surface area contributed by atoms with Crippen molar-refractivity contribution in [2.75, 3.05) is 6.54 Å². The summed E-state index contributed by atoms with van der Waals surface area (Å²) in [4.78, 5) is 0. The second kappa shape index (κ2) is 9.16. The third-order valence-electron chi connectivity index (χ3n) is 3.46. The van der Waals surface area contributed by atoms with Gasteiger partial charge in [-0.2, -0.15) is 0 Å². The first-order valence-corrected chi connectivity index (χ1v) is 7.43. The molecule has 1 atom stereocenters. The second-order valence-electron chi connectivity index (χ2n) is 5.88. The van der Waals surface area contributed by atoms with Crippen molar-refractivity contribution in [2.24, 2.45) is 11.8 Å². The van der Waals surface area contributed by atoms with Gasteiger partial charge in [-0.3, -0.25) is 0 Å². The maximum Gasteiger partial charge on any atom is 0.0205 e. The van der Waals surface area contributed by atoms with Gasteiger partial charge in [-0.15, -0.1) is 0 Å². The lowest BCUT2D eigenvalue weighted by molar-refractivity contribution is 0.426. The van der Waals surface area contributed by atoms with Gasteiger partial charge in [0.2, 0.25) is 0 Å². The maximum atomic E-state index is 3.53. The van der Waals surface area contributed by atoms with Gasteiger partial charge in [0.05, 0.1) is 0 Å². The van der Waals surface area contributed by atoms with Crippen molar-refractivity contribution in [3.63, 3.8) is 0 Å². The Morgan fingerprint density at radius 1 is 0.944 bits per heavy atom. The van der Waals surface area contributed by atoms with Gasteiger partial charge in [-0.1, -0.05) is 70.4 Å². The average Bonchev–Trinajstić information content (AvgIpc) is 2.35. The number of rotatable bonds is 9. The molecule has 0 saturated carbocycles. The Morgan fingerprint density at radius 3 is 2.33 bits per heavy atom. The molecule has 0 bridgehead atoms. The summed E-state index contributed by atoms with van der Waals surface area (Å²) in [5.41, 5.74) is 1.38. The molecule has 0 aliphatic rings. The lowest BCUT2D eigenvalue weighted by atomic mass is 9.97. The number of benzene rings is 1. The Kier molecular flexibility index (Phi) is 7.75. The minimum Gasteiger partial charge on any atom is -0.313 e. The fourth-order valence-corrected chi connectivity index (χ4v) is 2.20. The largest absolute Gasteiger partial charge is 0.313 e. The first kappa shape index (κ1) is 15.2. The van der Waals surface area contributed by atoms with Crippen LogP contribution in [0.5, 0.6) is 0 Å². The minimum atomic E-state index is 0.854. The van der Waals surface area contributed by atoms with Crippen LogP contribution < -0.4 is 5.32 Å². The molecular weight excluding hydrogens is 218 g/mol. The molecule has 1 aromatic carbocycles. The number of nitrogens with one attached hydrogen (secondary N) is 1. The highest BCUT2D eigenvalue weighted by Gasteiger charge is 2.02. The molecule has 1 nitrogen and oxygen atoms in total. The zero-order chi connectivity index (χ0) is 13.2. The van der Waals surface area contributed by atoms with Crippen LogP contribution in [0, 0.1) is 11.8 Å². The molecule has 0 aliphatic heterocycles. The Labute approximate surface area is 113 Å². The highest BCUT2D eigenvalue weighted by atomic mass is 14.8. The third kappa shape index (κ3) is 7.50. The van der Waals surface area contributed by atoms with E-state index in [0.29, 0.717) is 0 Å². The van der Waals surface area contributed by atoms with E-state index >= 15 is 0 Å². The highest BCUT2D eigenvalue weighted by Crippen LogP contribution is 2.14.